The molecule has 2 rings (SSSR count). The van der Waals surface area contributed by atoms with E-state index >= 15 is 0 Å². The van der Waals surface area contributed by atoms with Gasteiger partial charge in [0.05, 0.1) is 9.48 Å². The Bertz CT molecular complexity index is 589. The van der Waals surface area contributed by atoms with E-state index in [1.165, 1.54) is 0 Å². The summed E-state index contributed by atoms with van der Waals surface area (Å²) in [5, 5.41) is 6.41. The number of aromatic nitrogens is 3. The van der Waals surface area contributed by atoms with Gasteiger partial charge in [0.25, 0.3) is 0 Å². The minimum absolute atomic E-state index is 0.0571. The van der Waals surface area contributed by atoms with Crippen LogP contribution in [0.15, 0.2) is 16.0 Å². The van der Waals surface area contributed by atoms with Gasteiger partial charge in [-0.15, -0.1) is 11.3 Å². The van der Waals surface area contributed by atoms with Crippen LogP contribution in [0.1, 0.15) is 39.1 Å². The summed E-state index contributed by atoms with van der Waals surface area (Å²) < 4.78 is 0.876. The van der Waals surface area contributed by atoms with Crippen molar-refractivity contribution in [3.63, 3.8) is 0 Å². The van der Waals surface area contributed by atoms with Crippen molar-refractivity contribution in [2.75, 3.05) is 11.9 Å². The maximum Gasteiger partial charge on any atom is 0.181 e. The van der Waals surface area contributed by atoms with Crippen molar-refractivity contribution in [2.24, 2.45) is 0 Å². The lowest BCUT2D eigenvalue weighted by molar-refractivity contribution is 0.586. The molecular formula is C14H19BrN4S. The lowest BCUT2D eigenvalue weighted by Crippen LogP contribution is -2.10. The van der Waals surface area contributed by atoms with Crippen molar-refractivity contribution < 1.29 is 0 Å². The van der Waals surface area contributed by atoms with Crippen LogP contribution in [-0.4, -0.2) is 21.5 Å². The Balaban J connectivity index is 2.31. The first-order valence-corrected chi connectivity index (χ1v) is 8.32. The van der Waals surface area contributed by atoms with E-state index < -0.39 is 0 Å². The summed E-state index contributed by atoms with van der Waals surface area (Å²) in [6, 6.07) is 0. The van der Waals surface area contributed by atoms with Crippen LogP contribution in [0.3, 0.4) is 0 Å². The molecule has 0 unspecified atom stereocenters. The van der Waals surface area contributed by atoms with Crippen LogP contribution in [-0.2, 0) is 5.41 Å². The maximum absolute atomic E-state index is 4.65. The molecule has 4 nitrogen and oxygen atoms in total. The molecule has 6 heteroatoms. The number of rotatable bonds is 4. The summed E-state index contributed by atoms with van der Waals surface area (Å²) >= 11 is 5.12. The molecule has 0 aliphatic carbocycles. The quantitative estimate of drug-likeness (QED) is 0.878. The second-order valence-electron chi connectivity index (χ2n) is 5.60. The Morgan fingerprint density at radius 2 is 2.05 bits per heavy atom. The zero-order valence-electron chi connectivity index (χ0n) is 12.2. The van der Waals surface area contributed by atoms with Crippen molar-refractivity contribution >= 4 is 33.1 Å². The molecule has 20 heavy (non-hydrogen) atoms. The number of hydrogen-bond donors (Lipinski definition) is 1. The monoisotopic (exact) mass is 354 g/mol. The second-order valence-corrected chi connectivity index (χ2v) is 7.32. The summed E-state index contributed by atoms with van der Waals surface area (Å²) in [7, 11) is 0. The summed E-state index contributed by atoms with van der Waals surface area (Å²) in [6.45, 7) is 9.49. The van der Waals surface area contributed by atoms with Crippen molar-refractivity contribution in [1.82, 2.24) is 15.0 Å². The molecule has 0 spiro atoms. The number of halogens is 1. The molecule has 0 saturated heterocycles. The van der Waals surface area contributed by atoms with Gasteiger partial charge in [-0.05, 0) is 22.4 Å². The average molecular weight is 355 g/mol. The number of hydrogen-bond acceptors (Lipinski definition) is 5. The smallest absolute Gasteiger partial charge is 0.181 e. The topological polar surface area (TPSA) is 50.7 Å². The van der Waals surface area contributed by atoms with E-state index in [1.54, 1.807) is 17.5 Å². The van der Waals surface area contributed by atoms with Crippen LogP contribution in [0.5, 0.6) is 0 Å². The molecule has 0 atom stereocenters. The highest BCUT2D eigenvalue weighted by Gasteiger charge is 2.19. The SMILES string of the molecule is CCCNc1nc(-c2csc(C(C)(C)C)n2)ncc1Br. The minimum atomic E-state index is 0.0571. The van der Waals surface area contributed by atoms with Crippen molar-refractivity contribution in [2.45, 2.75) is 39.5 Å². The molecule has 0 aliphatic heterocycles. The van der Waals surface area contributed by atoms with Crippen LogP contribution >= 0.6 is 27.3 Å². The highest BCUT2D eigenvalue weighted by molar-refractivity contribution is 9.10. The first kappa shape index (κ1) is 15.4. The molecule has 0 aliphatic rings. The summed E-state index contributed by atoms with van der Waals surface area (Å²) in [4.78, 5) is 13.6. The third kappa shape index (κ3) is 3.55. The largest absolute Gasteiger partial charge is 0.369 e. The number of anilines is 1. The van der Waals surface area contributed by atoms with Gasteiger partial charge in [0.2, 0.25) is 0 Å². The molecule has 2 aromatic rings. The van der Waals surface area contributed by atoms with Crippen molar-refractivity contribution in [3.05, 3.63) is 21.1 Å². The summed E-state index contributed by atoms with van der Waals surface area (Å²) in [5.41, 5.74) is 0.897. The van der Waals surface area contributed by atoms with Crippen LogP contribution in [0.2, 0.25) is 0 Å². The minimum Gasteiger partial charge on any atom is -0.369 e. The molecule has 0 fully saturated rings. The summed E-state index contributed by atoms with van der Waals surface area (Å²) in [5.74, 6) is 1.49. The number of thiazole rings is 1. The first-order valence-electron chi connectivity index (χ1n) is 6.64. The van der Waals surface area contributed by atoms with Crippen LogP contribution < -0.4 is 5.32 Å². The maximum atomic E-state index is 4.65. The van der Waals surface area contributed by atoms with E-state index in [4.69, 9.17) is 0 Å². The fourth-order valence-electron chi connectivity index (χ4n) is 1.58. The molecule has 2 heterocycles. The summed E-state index contributed by atoms with van der Waals surface area (Å²) in [6.07, 6.45) is 2.83. The Labute approximate surface area is 132 Å². The van der Waals surface area contributed by atoms with Crippen LogP contribution in [0.25, 0.3) is 11.5 Å². The lowest BCUT2D eigenvalue weighted by atomic mass is 9.98. The Morgan fingerprint density at radius 1 is 1.30 bits per heavy atom. The van der Waals surface area contributed by atoms with Gasteiger partial charge in [-0.2, -0.15) is 0 Å². The van der Waals surface area contributed by atoms with Crippen LogP contribution in [0, 0.1) is 0 Å². The predicted molar refractivity (Wildman–Crippen MR) is 88.3 cm³/mol. The number of nitrogens with zero attached hydrogens (tertiary/aromatic N) is 3. The molecule has 0 bridgehead atoms. The lowest BCUT2D eigenvalue weighted by Gasteiger charge is -2.13. The van der Waals surface area contributed by atoms with Crippen LogP contribution in [0.4, 0.5) is 5.82 Å². The van der Waals surface area contributed by atoms with Gasteiger partial charge >= 0.3 is 0 Å². The zero-order chi connectivity index (χ0) is 14.8. The average Bonchev–Trinajstić information content (AvgIpc) is 2.87. The fraction of sp³-hybridized carbons (Fsp3) is 0.500. The zero-order valence-corrected chi connectivity index (χ0v) is 14.6. The van der Waals surface area contributed by atoms with Crippen molar-refractivity contribution in [1.29, 1.82) is 0 Å². The van der Waals surface area contributed by atoms with E-state index in [2.05, 4.69) is 63.9 Å². The molecule has 0 radical (unpaired) electrons. The normalized spacial score (nSPS) is 11.7. The Hall–Kier alpha value is -1.01. The molecule has 1 N–H and O–H groups in total. The standard InChI is InChI=1S/C14H19BrN4S/c1-5-6-16-11-9(15)7-17-12(19-11)10-8-20-13(18-10)14(2,3)4/h7-8H,5-6H2,1-4H3,(H,16,17,19). The molecule has 0 amide bonds. The third-order valence-corrected chi connectivity index (χ3v) is 4.51. The number of nitrogens with one attached hydrogen (secondary N) is 1. The van der Waals surface area contributed by atoms with Gasteiger partial charge in [0.1, 0.15) is 11.5 Å². The van der Waals surface area contributed by atoms with Gasteiger partial charge in [-0.25, -0.2) is 15.0 Å². The highest BCUT2D eigenvalue weighted by Crippen LogP contribution is 2.29. The molecule has 2 aromatic heterocycles. The fourth-order valence-corrected chi connectivity index (χ4v) is 2.80. The van der Waals surface area contributed by atoms with Gasteiger partial charge in [-0.3, -0.25) is 0 Å². The highest BCUT2D eigenvalue weighted by atomic mass is 79.9. The van der Waals surface area contributed by atoms with Gasteiger partial charge in [0.15, 0.2) is 5.82 Å². The Kier molecular flexibility index (Phi) is 4.75. The Morgan fingerprint density at radius 3 is 2.65 bits per heavy atom. The predicted octanol–water partition coefficient (Wildman–Crippen LogP) is 4.48. The van der Waals surface area contributed by atoms with Gasteiger partial charge in [0, 0.05) is 23.5 Å². The first-order chi connectivity index (χ1) is 9.41. The van der Waals surface area contributed by atoms with Crippen molar-refractivity contribution in [3.8, 4) is 11.5 Å². The van der Waals surface area contributed by atoms with E-state index in [0.29, 0.717) is 5.82 Å². The van der Waals surface area contributed by atoms with Gasteiger partial charge in [-0.1, -0.05) is 27.7 Å². The van der Waals surface area contributed by atoms with Gasteiger partial charge < -0.3 is 5.32 Å². The molecule has 0 saturated carbocycles. The van der Waals surface area contributed by atoms with E-state index in [0.717, 1.165) is 34.0 Å². The molecular weight excluding hydrogens is 336 g/mol. The van der Waals surface area contributed by atoms with E-state index in [1.807, 2.05) is 5.38 Å². The van der Waals surface area contributed by atoms with E-state index in [9.17, 15) is 0 Å². The molecule has 108 valence electrons. The second kappa shape index (κ2) is 6.18. The molecule has 0 aromatic carbocycles. The van der Waals surface area contributed by atoms with E-state index in [-0.39, 0.29) is 5.41 Å². The third-order valence-electron chi connectivity index (χ3n) is 2.66.